The van der Waals surface area contributed by atoms with Gasteiger partial charge >= 0.3 is 5.97 Å². The van der Waals surface area contributed by atoms with Crippen molar-refractivity contribution >= 4 is 11.9 Å². The van der Waals surface area contributed by atoms with Crippen molar-refractivity contribution in [2.24, 2.45) is 0 Å². The zero-order valence-corrected chi connectivity index (χ0v) is 9.78. The van der Waals surface area contributed by atoms with Gasteiger partial charge in [0.1, 0.15) is 13.2 Å². The van der Waals surface area contributed by atoms with Crippen LogP contribution in [0, 0.1) is 0 Å². The highest BCUT2D eigenvalue weighted by Gasteiger charge is 2.15. The normalized spacial score (nSPS) is 10.2. The lowest BCUT2D eigenvalue weighted by atomic mass is 10.4. The van der Waals surface area contributed by atoms with Gasteiger partial charge < -0.3 is 14.4 Å². The molecule has 0 aromatic rings. The summed E-state index contributed by atoms with van der Waals surface area (Å²) in [5, 5.41) is 0. The molecule has 0 aliphatic rings. The lowest BCUT2D eigenvalue weighted by molar-refractivity contribution is -0.149. The van der Waals surface area contributed by atoms with Gasteiger partial charge in [-0.2, -0.15) is 0 Å². The Kier molecular flexibility index (Phi) is 6.70. The average Bonchev–Trinajstić information content (AvgIpc) is 2.21. The first-order chi connectivity index (χ1) is 7.01. The Morgan fingerprint density at radius 3 is 2.33 bits per heavy atom. The molecule has 0 heterocycles. The van der Waals surface area contributed by atoms with Crippen LogP contribution in [0.5, 0.6) is 0 Å². The number of esters is 1. The fourth-order valence-corrected chi connectivity index (χ4v) is 0.926. The summed E-state index contributed by atoms with van der Waals surface area (Å²) in [7, 11) is 1.30. The topological polar surface area (TPSA) is 55.8 Å². The molecule has 0 saturated carbocycles. The lowest BCUT2D eigenvalue weighted by Crippen LogP contribution is -2.38. The average molecular weight is 217 g/mol. The predicted molar refractivity (Wildman–Crippen MR) is 55.4 cm³/mol. The molecule has 0 radical (unpaired) electrons. The highest BCUT2D eigenvalue weighted by Crippen LogP contribution is 1.94. The third kappa shape index (κ3) is 6.06. The highest BCUT2D eigenvalue weighted by molar-refractivity contribution is 5.82. The smallest absolute Gasteiger partial charge is 0.325 e. The van der Waals surface area contributed by atoms with Gasteiger partial charge in [0.2, 0.25) is 5.91 Å². The number of ether oxygens (including phenoxy) is 2. The Balaban J connectivity index is 4.04. The van der Waals surface area contributed by atoms with Gasteiger partial charge in [-0.15, -0.1) is 0 Å². The molecule has 0 aliphatic heterocycles. The van der Waals surface area contributed by atoms with Gasteiger partial charge in [0, 0.05) is 6.54 Å². The molecule has 5 nitrogen and oxygen atoms in total. The van der Waals surface area contributed by atoms with Gasteiger partial charge in [-0.25, -0.2) is 0 Å². The Bertz CT molecular complexity index is 215. The molecule has 0 unspecified atom stereocenters. The van der Waals surface area contributed by atoms with E-state index in [1.165, 1.54) is 12.0 Å². The third-order valence-electron chi connectivity index (χ3n) is 1.82. The van der Waals surface area contributed by atoms with E-state index in [9.17, 15) is 9.59 Å². The van der Waals surface area contributed by atoms with Crippen molar-refractivity contribution in [1.29, 1.82) is 0 Å². The van der Waals surface area contributed by atoms with E-state index >= 15 is 0 Å². The molecule has 0 atom stereocenters. The van der Waals surface area contributed by atoms with Gasteiger partial charge in [-0.3, -0.25) is 9.59 Å². The number of hydrogen-bond donors (Lipinski definition) is 0. The summed E-state index contributed by atoms with van der Waals surface area (Å²) in [4.78, 5) is 23.9. The molecule has 0 bridgehead atoms. The summed E-state index contributed by atoms with van der Waals surface area (Å²) >= 11 is 0. The van der Waals surface area contributed by atoms with Crippen molar-refractivity contribution in [3.63, 3.8) is 0 Å². The largest absolute Gasteiger partial charge is 0.468 e. The molecule has 15 heavy (non-hydrogen) atoms. The van der Waals surface area contributed by atoms with Gasteiger partial charge in [-0.05, 0) is 20.8 Å². The number of likely N-dealkylation sites (N-methyl/N-ethyl adjacent to an activating group) is 1. The van der Waals surface area contributed by atoms with E-state index in [0.29, 0.717) is 6.54 Å². The monoisotopic (exact) mass is 217 g/mol. The van der Waals surface area contributed by atoms with Crippen molar-refractivity contribution in [2.75, 3.05) is 26.8 Å². The molecule has 0 aromatic carbocycles. The Morgan fingerprint density at radius 1 is 1.33 bits per heavy atom. The summed E-state index contributed by atoms with van der Waals surface area (Å²) in [5.74, 6) is -0.619. The molecule has 0 N–H and O–H groups in total. The Hall–Kier alpha value is -1.10. The zero-order valence-electron chi connectivity index (χ0n) is 9.78. The maximum atomic E-state index is 11.5. The van der Waals surface area contributed by atoms with Crippen molar-refractivity contribution in [1.82, 2.24) is 4.90 Å². The van der Waals surface area contributed by atoms with E-state index in [1.807, 2.05) is 13.8 Å². The maximum absolute atomic E-state index is 11.5. The lowest BCUT2D eigenvalue weighted by Gasteiger charge is -2.19. The number of amides is 1. The van der Waals surface area contributed by atoms with Gasteiger partial charge in [0.05, 0.1) is 13.2 Å². The summed E-state index contributed by atoms with van der Waals surface area (Å²) < 4.78 is 9.64. The van der Waals surface area contributed by atoms with Crippen LogP contribution in [0.25, 0.3) is 0 Å². The van der Waals surface area contributed by atoms with Crippen LogP contribution in [0.1, 0.15) is 20.8 Å². The molecule has 0 saturated heterocycles. The van der Waals surface area contributed by atoms with Crippen LogP contribution in [-0.4, -0.2) is 49.7 Å². The Labute approximate surface area is 90.3 Å². The first-order valence-corrected chi connectivity index (χ1v) is 4.97. The molecule has 1 amide bonds. The molecule has 0 aromatic heterocycles. The quantitative estimate of drug-likeness (QED) is 0.605. The second-order valence-corrected chi connectivity index (χ2v) is 3.34. The summed E-state index contributed by atoms with van der Waals surface area (Å²) in [6.07, 6.45) is 0.00535. The third-order valence-corrected chi connectivity index (χ3v) is 1.82. The van der Waals surface area contributed by atoms with Crippen LogP contribution in [0.15, 0.2) is 0 Å². The number of nitrogens with zero attached hydrogens (tertiary/aromatic N) is 1. The molecule has 0 fully saturated rings. The Morgan fingerprint density at radius 2 is 1.93 bits per heavy atom. The van der Waals surface area contributed by atoms with Crippen LogP contribution in [0.2, 0.25) is 0 Å². The zero-order chi connectivity index (χ0) is 11.8. The molecular formula is C10H19NO4. The number of methoxy groups -OCH3 is 1. The molecule has 0 rings (SSSR count). The first kappa shape index (κ1) is 13.9. The SMILES string of the molecule is CCN(CC(=O)OC)C(=O)COC(C)C. The van der Waals surface area contributed by atoms with Crippen LogP contribution >= 0.6 is 0 Å². The molecular weight excluding hydrogens is 198 g/mol. The van der Waals surface area contributed by atoms with Crippen LogP contribution in [0.4, 0.5) is 0 Å². The van der Waals surface area contributed by atoms with Crippen molar-refractivity contribution in [3.8, 4) is 0 Å². The van der Waals surface area contributed by atoms with Crippen molar-refractivity contribution in [3.05, 3.63) is 0 Å². The van der Waals surface area contributed by atoms with E-state index < -0.39 is 5.97 Å². The fraction of sp³-hybridized carbons (Fsp3) is 0.800. The standard InChI is InChI=1S/C10H19NO4/c1-5-11(6-10(13)14-4)9(12)7-15-8(2)3/h8H,5-7H2,1-4H3. The van der Waals surface area contributed by atoms with E-state index in [0.717, 1.165) is 0 Å². The van der Waals surface area contributed by atoms with Crippen molar-refractivity contribution < 1.29 is 19.1 Å². The predicted octanol–water partition coefficient (Wildman–Crippen LogP) is 0.433. The van der Waals surface area contributed by atoms with Gasteiger partial charge in [0.15, 0.2) is 0 Å². The maximum Gasteiger partial charge on any atom is 0.325 e. The minimum atomic E-state index is -0.422. The molecule has 0 spiro atoms. The summed E-state index contributed by atoms with van der Waals surface area (Å²) in [6.45, 7) is 5.95. The van der Waals surface area contributed by atoms with Crippen LogP contribution < -0.4 is 0 Å². The van der Waals surface area contributed by atoms with E-state index in [1.54, 1.807) is 6.92 Å². The van der Waals surface area contributed by atoms with E-state index in [4.69, 9.17) is 4.74 Å². The second kappa shape index (κ2) is 7.23. The fourth-order valence-electron chi connectivity index (χ4n) is 0.926. The number of carbonyl (C=O) groups is 2. The van der Waals surface area contributed by atoms with E-state index in [2.05, 4.69) is 4.74 Å². The molecule has 5 heteroatoms. The van der Waals surface area contributed by atoms with Crippen LogP contribution in [0.3, 0.4) is 0 Å². The second-order valence-electron chi connectivity index (χ2n) is 3.34. The minimum absolute atomic E-state index is 0.00248. The molecule has 88 valence electrons. The highest BCUT2D eigenvalue weighted by atomic mass is 16.5. The molecule has 0 aliphatic carbocycles. The number of carbonyl (C=O) groups excluding carboxylic acids is 2. The first-order valence-electron chi connectivity index (χ1n) is 4.97. The van der Waals surface area contributed by atoms with Gasteiger partial charge in [-0.1, -0.05) is 0 Å². The van der Waals surface area contributed by atoms with Crippen molar-refractivity contribution in [2.45, 2.75) is 26.9 Å². The number of hydrogen-bond acceptors (Lipinski definition) is 4. The minimum Gasteiger partial charge on any atom is -0.468 e. The van der Waals surface area contributed by atoms with Crippen LogP contribution in [-0.2, 0) is 19.1 Å². The van der Waals surface area contributed by atoms with E-state index in [-0.39, 0.29) is 25.2 Å². The summed E-state index contributed by atoms with van der Waals surface area (Å²) in [6, 6.07) is 0. The van der Waals surface area contributed by atoms with Gasteiger partial charge in [0.25, 0.3) is 0 Å². The summed E-state index contributed by atoms with van der Waals surface area (Å²) in [5.41, 5.74) is 0. The number of rotatable bonds is 6.